The Morgan fingerprint density at radius 3 is 2.35 bits per heavy atom. The van der Waals surface area contributed by atoms with E-state index >= 15 is 0 Å². The van der Waals surface area contributed by atoms with Gasteiger partial charge in [-0.2, -0.15) is 0 Å². The maximum Gasteiger partial charge on any atom is 0.271 e. The topological polar surface area (TPSA) is 72.2 Å². The summed E-state index contributed by atoms with van der Waals surface area (Å²) in [6, 6.07) is 8.73. The molecule has 0 heterocycles. The van der Waals surface area contributed by atoms with Gasteiger partial charge in [-0.05, 0) is 24.3 Å². The second kappa shape index (κ2) is 7.46. The van der Waals surface area contributed by atoms with Crippen LogP contribution in [0.2, 0.25) is 15.1 Å². The molecule has 5 nitrogen and oxygen atoms in total. The first-order valence-electron chi connectivity index (χ1n) is 6.25. The third kappa shape index (κ3) is 4.45. The van der Waals surface area contributed by atoms with E-state index in [9.17, 15) is 14.9 Å². The Balaban J connectivity index is 2.18. The number of hydrogen-bond acceptors (Lipinski definition) is 3. The van der Waals surface area contributed by atoms with Crippen LogP contribution in [0, 0.1) is 10.1 Å². The van der Waals surface area contributed by atoms with Gasteiger partial charge in [0.2, 0.25) is 5.91 Å². The van der Waals surface area contributed by atoms with Crippen molar-refractivity contribution in [1.82, 2.24) is 0 Å². The molecule has 0 aliphatic carbocycles. The molecule has 0 unspecified atom stereocenters. The highest BCUT2D eigenvalue weighted by atomic mass is 35.5. The van der Waals surface area contributed by atoms with Gasteiger partial charge in [-0.1, -0.05) is 40.9 Å². The molecule has 0 bridgehead atoms. The summed E-state index contributed by atoms with van der Waals surface area (Å²) in [6.45, 7) is 0. The summed E-state index contributed by atoms with van der Waals surface area (Å²) in [5, 5.41) is 14.2. The number of nitro benzene ring substituents is 1. The Morgan fingerprint density at radius 2 is 1.74 bits per heavy atom. The van der Waals surface area contributed by atoms with E-state index in [1.807, 2.05) is 0 Å². The SMILES string of the molecule is O=C(/C=C\c1c(Cl)cccc1Cl)Nc1cc([N+](=O)[O-])ccc1Cl. The largest absolute Gasteiger partial charge is 0.321 e. The van der Waals surface area contributed by atoms with Crippen molar-refractivity contribution < 1.29 is 9.72 Å². The Labute approximate surface area is 146 Å². The van der Waals surface area contributed by atoms with Crippen LogP contribution in [0.15, 0.2) is 42.5 Å². The molecule has 8 heteroatoms. The van der Waals surface area contributed by atoms with Crippen LogP contribution >= 0.6 is 34.8 Å². The summed E-state index contributed by atoms with van der Waals surface area (Å²) in [5.74, 6) is -0.525. The molecule has 0 saturated carbocycles. The Morgan fingerprint density at radius 1 is 1.09 bits per heavy atom. The number of non-ortho nitro benzene ring substituents is 1. The van der Waals surface area contributed by atoms with E-state index in [1.54, 1.807) is 18.2 Å². The van der Waals surface area contributed by atoms with Gasteiger partial charge >= 0.3 is 0 Å². The summed E-state index contributed by atoms with van der Waals surface area (Å²) in [7, 11) is 0. The number of nitrogens with zero attached hydrogens (tertiary/aromatic N) is 1. The normalized spacial score (nSPS) is 10.7. The zero-order valence-electron chi connectivity index (χ0n) is 11.4. The van der Waals surface area contributed by atoms with Crippen molar-refractivity contribution in [2.24, 2.45) is 0 Å². The van der Waals surface area contributed by atoms with E-state index in [0.29, 0.717) is 15.6 Å². The van der Waals surface area contributed by atoms with E-state index in [4.69, 9.17) is 34.8 Å². The number of anilines is 1. The number of nitro groups is 1. The number of nitrogens with one attached hydrogen (secondary N) is 1. The van der Waals surface area contributed by atoms with Crippen LogP contribution in [-0.2, 0) is 4.79 Å². The highest BCUT2D eigenvalue weighted by Gasteiger charge is 2.11. The molecule has 23 heavy (non-hydrogen) atoms. The van der Waals surface area contributed by atoms with Crippen LogP contribution in [0.3, 0.4) is 0 Å². The van der Waals surface area contributed by atoms with Crippen molar-refractivity contribution in [3.05, 3.63) is 73.2 Å². The summed E-state index contributed by atoms with van der Waals surface area (Å²) < 4.78 is 0. The molecule has 0 aliphatic heterocycles. The van der Waals surface area contributed by atoms with Gasteiger partial charge in [0.05, 0.1) is 15.6 Å². The maximum absolute atomic E-state index is 11.9. The van der Waals surface area contributed by atoms with Crippen molar-refractivity contribution in [3.8, 4) is 0 Å². The number of halogens is 3. The smallest absolute Gasteiger partial charge is 0.271 e. The third-order valence-electron chi connectivity index (χ3n) is 2.82. The number of hydrogen-bond donors (Lipinski definition) is 1. The van der Waals surface area contributed by atoms with E-state index in [2.05, 4.69) is 5.32 Å². The van der Waals surface area contributed by atoms with Gasteiger partial charge in [0, 0.05) is 33.8 Å². The number of benzene rings is 2. The molecular formula is C15H9Cl3N2O3. The fraction of sp³-hybridized carbons (Fsp3) is 0. The van der Waals surface area contributed by atoms with Gasteiger partial charge in [0.25, 0.3) is 5.69 Å². The van der Waals surface area contributed by atoms with E-state index in [1.165, 1.54) is 30.4 Å². The molecule has 2 rings (SSSR count). The van der Waals surface area contributed by atoms with Crippen LogP contribution in [-0.4, -0.2) is 10.8 Å². The molecule has 0 saturated heterocycles. The molecule has 1 amide bonds. The van der Waals surface area contributed by atoms with Crippen LogP contribution < -0.4 is 5.32 Å². The molecule has 0 radical (unpaired) electrons. The van der Waals surface area contributed by atoms with Crippen molar-refractivity contribution in [2.45, 2.75) is 0 Å². The molecule has 0 aromatic heterocycles. The second-order valence-electron chi connectivity index (χ2n) is 4.38. The predicted octanol–water partition coefficient (Wildman–Crippen LogP) is 5.21. The molecule has 0 spiro atoms. The van der Waals surface area contributed by atoms with E-state index in [0.717, 1.165) is 0 Å². The van der Waals surface area contributed by atoms with Crippen molar-refractivity contribution in [3.63, 3.8) is 0 Å². The zero-order valence-corrected chi connectivity index (χ0v) is 13.7. The first-order chi connectivity index (χ1) is 10.9. The van der Waals surface area contributed by atoms with Gasteiger partial charge in [-0.3, -0.25) is 14.9 Å². The third-order valence-corrected chi connectivity index (χ3v) is 3.81. The fourth-order valence-corrected chi connectivity index (χ4v) is 2.41. The second-order valence-corrected chi connectivity index (χ2v) is 5.60. The van der Waals surface area contributed by atoms with Crippen LogP contribution in [0.1, 0.15) is 5.56 Å². The first-order valence-corrected chi connectivity index (χ1v) is 7.39. The monoisotopic (exact) mass is 370 g/mol. The average Bonchev–Trinajstić information content (AvgIpc) is 2.48. The number of carbonyl (C=O) groups is 1. The van der Waals surface area contributed by atoms with Crippen LogP contribution in [0.25, 0.3) is 6.08 Å². The number of amides is 1. The molecule has 118 valence electrons. The molecular weight excluding hydrogens is 363 g/mol. The Hall–Kier alpha value is -2.08. The van der Waals surface area contributed by atoms with Crippen LogP contribution in [0.4, 0.5) is 11.4 Å². The van der Waals surface area contributed by atoms with E-state index in [-0.39, 0.29) is 16.4 Å². The summed E-state index contributed by atoms with van der Waals surface area (Å²) in [6.07, 6.45) is 2.66. The minimum absolute atomic E-state index is 0.140. The summed E-state index contributed by atoms with van der Waals surface area (Å²) in [4.78, 5) is 22.1. The minimum atomic E-state index is -0.578. The Bertz CT molecular complexity index is 786. The van der Waals surface area contributed by atoms with Gasteiger partial charge in [-0.15, -0.1) is 0 Å². The van der Waals surface area contributed by atoms with Gasteiger partial charge < -0.3 is 5.32 Å². The molecule has 0 aliphatic rings. The Kier molecular flexibility index (Phi) is 5.60. The maximum atomic E-state index is 11.9. The van der Waals surface area contributed by atoms with Crippen molar-refractivity contribution >= 4 is 58.2 Å². The molecule has 2 aromatic rings. The van der Waals surface area contributed by atoms with Gasteiger partial charge in [0.15, 0.2) is 0 Å². The summed E-state index contributed by atoms with van der Waals surface area (Å²) >= 11 is 17.9. The van der Waals surface area contributed by atoms with Gasteiger partial charge in [-0.25, -0.2) is 0 Å². The van der Waals surface area contributed by atoms with E-state index < -0.39 is 10.8 Å². The van der Waals surface area contributed by atoms with Gasteiger partial charge in [0.1, 0.15) is 0 Å². The zero-order chi connectivity index (χ0) is 17.0. The highest BCUT2D eigenvalue weighted by Crippen LogP contribution is 2.27. The van der Waals surface area contributed by atoms with Crippen LogP contribution in [0.5, 0.6) is 0 Å². The lowest BCUT2D eigenvalue weighted by atomic mass is 10.2. The highest BCUT2D eigenvalue weighted by molar-refractivity contribution is 6.37. The fourth-order valence-electron chi connectivity index (χ4n) is 1.73. The lowest BCUT2D eigenvalue weighted by Crippen LogP contribution is -2.08. The minimum Gasteiger partial charge on any atom is -0.321 e. The number of rotatable bonds is 4. The lowest BCUT2D eigenvalue weighted by molar-refractivity contribution is -0.384. The van der Waals surface area contributed by atoms with Crippen molar-refractivity contribution in [2.75, 3.05) is 5.32 Å². The standard InChI is InChI=1S/C15H9Cl3N2O3/c16-11-2-1-3-12(17)10(11)5-7-15(21)19-14-8-9(20(22)23)4-6-13(14)18/h1-8H,(H,19,21)/b7-5-. The number of carbonyl (C=O) groups excluding carboxylic acids is 1. The first kappa shape index (κ1) is 17.3. The summed E-state index contributed by atoms with van der Waals surface area (Å²) in [5.41, 5.74) is 0.458. The van der Waals surface area contributed by atoms with Crippen molar-refractivity contribution in [1.29, 1.82) is 0 Å². The predicted molar refractivity (Wildman–Crippen MR) is 92.2 cm³/mol. The average molecular weight is 372 g/mol. The quantitative estimate of drug-likeness (QED) is 0.456. The molecule has 2 aromatic carbocycles. The lowest BCUT2D eigenvalue weighted by Gasteiger charge is -2.05. The molecule has 0 fully saturated rings. The molecule has 0 atom stereocenters. The molecule has 1 N–H and O–H groups in total.